The van der Waals surface area contributed by atoms with Crippen molar-refractivity contribution in [2.24, 2.45) is 0 Å². The first-order valence-corrected chi connectivity index (χ1v) is 10.0. The quantitative estimate of drug-likeness (QED) is 0.629. The zero-order valence-corrected chi connectivity index (χ0v) is 17.0. The third kappa shape index (κ3) is 5.51. The van der Waals surface area contributed by atoms with Crippen molar-refractivity contribution in [1.82, 2.24) is 15.1 Å². The Morgan fingerprint density at radius 2 is 2.14 bits per heavy atom. The molecule has 10 heteroatoms. The fourth-order valence-corrected chi connectivity index (χ4v) is 4.10. The van der Waals surface area contributed by atoms with Crippen LogP contribution < -0.4 is 5.32 Å². The number of carbonyl (C=O) groups excluding carboxylic acids is 4. The second-order valence-corrected chi connectivity index (χ2v) is 7.46. The van der Waals surface area contributed by atoms with Crippen LogP contribution in [0.2, 0.25) is 0 Å². The van der Waals surface area contributed by atoms with Crippen molar-refractivity contribution >= 4 is 35.5 Å². The molecule has 1 N–H and O–H groups in total. The van der Waals surface area contributed by atoms with Gasteiger partial charge in [0.2, 0.25) is 11.8 Å². The van der Waals surface area contributed by atoms with Gasteiger partial charge >= 0.3 is 5.97 Å². The van der Waals surface area contributed by atoms with E-state index >= 15 is 0 Å². The molecule has 9 nitrogen and oxygen atoms in total. The van der Waals surface area contributed by atoms with Crippen molar-refractivity contribution in [1.29, 1.82) is 0 Å². The number of hydrogen-bond acceptors (Lipinski definition) is 7. The van der Waals surface area contributed by atoms with Gasteiger partial charge in [-0.3, -0.25) is 14.4 Å². The second-order valence-electron chi connectivity index (χ2n) is 6.35. The minimum atomic E-state index is -0.802. The zero-order chi connectivity index (χ0) is 20.7. The Labute approximate surface area is 167 Å². The van der Waals surface area contributed by atoms with E-state index in [0.717, 1.165) is 6.42 Å². The molecule has 1 aliphatic heterocycles. The number of likely N-dealkylation sites (N-methyl/N-ethyl adjacent to an activating group) is 1. The lowest BCUT2D eigenvalue weighted by atomic mass is 10.2. The normalized spacial score (nSPS) is 18.6. The highest BCUT2D eigenvalue weighted by atomic mass is 32.2. The number of amides is 3. The third-order valence-electron chi connectivity index (χ3n) is 4.14. The molecule has 0 bridgehead atoms. The van der Waals surface area contributed by atoms with Gasteiger partial charge in [-0.2, -0.15) is 0 Å². The van der Waals surface area contributed by atoms with Crippen LogP contribution in [0.25, 0.3) is 0 Å². The standard InChI is InChI=1S/C18H25N3O6S/c1-4-7-19-15(23)9-20(3)16(24)10-27-18(25)13-11-28-17(21(13)12(2)22)14-6-5-8-26-14/h5-6,8,13,17H,4,7,9-11H2,1-3H3,(H,19,23)/t13-,17+/m0/s1. The maximum absolute atomic E-state index is 12.5. The van der Waals surface area contributed by atoms with Crippen molar-refractivity contribution in [3.8, 4) is 0 Å². The second kappa shape index (κ2) is 10.2. The van der Waals surface area contributed by atoms with E-state index < -0.39 is 29.9 Å². The predicted octanol–water partition coefficient (Wildman–Crippen LogP) is 0.770. The summed E-state index contributed by atoms with van der Waals surface area (Å²) in [5, 5.41) is 2.26. The van der Waals surface area contributed by atoms with Gasteiger partial charge in [-0.1, -0.05) is 6.92 Å². The molecule has 2 atom stereocenters. The van der Waals surface area contributed by atoms with Gasteiger partial charge in [-0.15, -0.1) is 11.8 Å². The van der Waals surface area contributed by atoms with E-state index in [1.54, 1.807) is 12.1 Å². The van der Waals surface area contributed by atoms with Crippen LogP contribution in [-0.4, -0.2) is 72.0 Å². The Morgan fingerprint density at radius 1 is 1.39 bits per heavy atom. The Bertz CT molecular complexity index is 708. The van der Waals surface area contributed by atoms with Gasteiger partial charge < -0.3 is 24.3 Å². The number of ether oxygens (including phenoxy) is 1. The maximum Gasteiger partial charge on any atom is 0.330 e. The van der Waals surface area contributed by atoms with Crippen molar-refractivity contribution in [3.05, 3.63) is 24.2 Å². The first-order valence-electron chi connectivity index (χ1n) is 8.96. The lowest BCUT2D eigenvalue weighted by Gasteiger charge is -2.26. The summed E-state index contributed by atoms with van der Waals surface area (Å²) in [6.07, 6.45) is 2.30. The summed E-state index contributed by atoms with van der Waals surface area (Å²) in [4.78, 5) is 50.9. The van der Waals surface area contributed by atoms with Crippen LogP contribution in [0.15, 0.2) is 22.8 Å². The molecule has 1 aromatic rings. The summed E-state index contributed by atoms with van der Waals surface area (Å²) in [6.45, 7) is 3.23. The summed E-state index contributed by atoms with van der Waals surface area (Å²) in [5.74, 6) is -0.807. The summed E-state index contributed by atoms with van der Waals surface area (Å²) < 4.78 is 10.5. The highest BCUT2D eigenvalue weighted by molar-refractivity contribution is 7.99. The number of carbonyl (C=O) groups is 4. The highest BCUT2D eigenvalue weighted by Crippen LogP contribution is 2.41. The molecule has 1 aromatic heterocycles. The molecule has 0 aromatic carbocycles. The van der Waals surface area contributed by atoms with Crippen LogP contribution in [0.1, 0.15) is 31.4 Å². The molecule has 3 amide bonds. The van der Waals surface area contributed by atoms with Crippen LogP contribution >= 0.6 is 11.8 Å². The Hall–Kier alpha value is -2.49. The average Bonchev–Trinajstić information content (AvgIpc) is 3.32. The first kappa shape index (κ1) is 21.8. The summed E-state index contributed by atoms with van der Waals surface area (Å²) in [7, 11) is 1.46. The van der Waals surface area contributed by atoms with Crippen LogP contribution in [0.5, 0.6) is 0 Å². The summed E-state index contributed by atoms with van der Waals surface area (Å²) >= 11 is 1.39. The van der Waals surface area contributed by atoms with E-state index in [0.29, 0.717) is 18.1 Å². The lowest BCUT2D eigenvalue weighted by molar-refractivity contribution is -0.158. The summed E-state index contributed by atoms with van der Waals surface area (Å²) in [6, 6.07) is 2.65. The van der Waals surface area contributed by atoms with Crippen LogP contribution in [-0.2, 0) is 23.9 Å². The van der Waals surface area contributed by atoms with E-state index in [1.165, 1.54) is 41.8 Å². The SMILES string of the molecule is CCCNC(=O)CN(C)C(=O)COC(=O)[C@@H]1CS[C@H](c2ccco2)N1C(C)=O. The van der Waals surface area contributed by atoms with Gasteiger partial charge in [-0.05, 0) is 18.6 Å². The van der Waals surface area contributed by atoms with E-state index in [4.69, 9.17) is 9.15 Å². The van der Waals surface area contributed by atoms with E-state index in [9.17, 15) is 19.2 Å². The van der Waals surface area contributed by atoms with E-state index in [-0.39, 0.29) is 18.4 Å². The van der Waals surface area contributed by atoms with Gasteiger partial charge in [0.1, 0.15) is 17.2 Å². The minimum Gasteiger partial charge on any atom is -0.466 e. The van der Waals surface area contributed by atoms with E-state index in [1.807, 2.05) is 6.92 Å². The zero-order valence-electron chi connectivity index (χ0n) is 16.2. The first-order chi connectivity index (χ1) is 13.3. The van der Waals surface area contributed by atoms with Gasteiger partial charge in [0, 0.05) is 26.3 Å². The van der Waals surface area contributed by atoms with Crippen molar-refractivity contribution in [2.75, 3.05) is 32.5 Å². The van der Waals surface area contributed by atoms with Gasteiger partial charge in [0.05, 0.1) is 12.8 Å². The molecule has 0 radical (unpaired) electrons. The lowest BCUT2D eigenvalue weighted by Crippen LogP contribution is -2.44. The third-order valence-corrected chi connectivity index (χ3v) is 5.42. The molecule has 28 heavy (non-hydrogen) atoms. The molecule has 0 spiro atoms. The number of nitrogens with zero attached hydrogens (tertiary/aromatic N) is 2. The van der Waals surface area contributed by atoms with Crippen LogP contribution in [0.4, 0.5) is 0 Å². The monoisotopic (exact) mass is 411 g/mol. The molecule has 0 saturated carbocycles. The largest absolute Gasteiger partial charge is 0.466 e. The van der Waals surface area contributed by atoms with Crippen molar-refractivity contribution in [2.45, 2.75) is 31.7 Å². The predicted molar refractivity (Wildman–Crippen MR) is 102 cm³/mol. The van der Waals surface area contributed by atoms with Crippen LogP contribution in [0, 0.1) is 0 Å². The maximum atomic E-state index is 12.5. The number of hydrogen-bond donors (Lipinski definition) is 1. The highest BCUT2D eigenvalue weighted by Gasteiger charge is 2.43. The number of nitrogens with one attached hydrogen (secondary N) is 1. The molecule has 0 unspecified atom stereocenters. The molecular weight excluding hydrogens is 386 g/mol. The molecule has 1 fully saturated rings. The van der Waals surface area contributed by atoms with Crippen molar-refractivity contribution in [3.63, 3.8) is 0 Å². The topological polar surface area (TPSA) is 109 Å². The van der Waals surface area contributed by atoms with Gasteiger partial charge in [0.25, 0.3) is 5.91 Å². The van der Waals surface area contributed by atoms with Gasteiger partial charge in [-0.25, -0.2) is 4.79 Å². The molecule has 2 heterocycles. The smallest absolute Gasteiger partial charge is 0.330 e. The molecular formula is C18H25N3O6S. The number of furan rings is 1. The Kier molecular flexibility index (Phi) is 7.91. The van der Waals surface area contributed by atoms with Crippen molar-refractivity contribution < 1.29 is 28.3 Å². The van der Waals surface area contributed by atoms with Crippen LogP contribution in [0.3, 0.4) is 0 Å². The van der Waals surface area contributed by atoms with Gasteiger partial charge in [0.15, 0.2) is 6.61 Å². The molecule has 0 aliphatic carbocycles. The summed E-state index contributed by atoms with van der Waals surface area (Å²) in [5.41, 5.74) is 0. The number of rotatable bonds is 8. The average molecular weight is 411 g/mol. The fraction of sp³-hybridized carbons (Fsp3) is 0.556. The Morgan fingerprint density at radius 3 is 2.75 bits per heavy atom. The number of thioether (sulfide) groups is 1. The minimum absolute atomic E-state index is 0.115. The molecule has 1 aliphatic rings. The molecule has 154 valence electrons. The Balaban J connectivity index is 1.88. The number of esters is 1. The van der Waals surface area contributed by atoms with E-state index in [2.05, 4.69) is 5.32 Å². The molecule has 2 rings (SSSR count). The fourth-order valence-electron chi connectivity index (χ4n) is 2.69. The molecule has 1 saturated heterocycles.